The van der Waals surface area contributed by atoms with E-state index in [0.29, 0.717) is 0 Å². The monoisotopic (exact) mass is 486 g/mol. The van der Waals surface area contributed by atoms with Crippen LogP contribution in [-0.4, -0.2) is 8.42 Å². The summed E-state index contributed by atoms with van der Waals surface area (Å²) in [4.78, 5) is 0.143. The van der Waals surface area contributed by atoms with Crippen molar-refractivity contribution in [2.45, 2.75) is 11.8 Å². The van der Waals surface area contributed by atoms with Crippen LogP contribution in [0.15, 0.2) is 120 Å². The first-order valence-electron chi connectivity index (χ1n) is 9.42. The quantitative estimate of drug-likeness (QED) is 0.285. The topological polar surface area (TPSA) is 34.1 Å². The molecule has 0 aliphatic rings. The third-order valence-corrected chi connectivity index (χ3v) is 8.16. The van der Waals surface area contributed by atoms with Gasteiger partial charge in [-0.05, 0) is 42.9 Å². The number of benzene rings is 4. The number of halogens is 1. The van der Waals surface area contributed by atoms with Crippen LogP contribution < -0.4 is 15.9 Å². The van der Waals surface area contributed by atoms with Crippen molar-refractivity contribution in [1.29, 1.82) is 0 Å². The van der Waals surface area contributed by atoms with Crippen LogP contribution in [0.5, 0.6) is 0 Å². The van der Waals surface area contributed by atoms with E-state index in [2.05, 4.69) is 91.0 Å². The normalized spacial score (nSPS) is 10.5. The molecule has 160 valence electrons. The summed E-state index contributed by atoms with van der Waals surface area (Å²) in [5, 5.41) is 4.19. The minimum absolute atomic E-state index is 0. The fraction of sp³-hybridized carbons (Fsp3) is 0.0400. The summed E-state index contributed by atoms with van der Waals surface area (Å²) in [6.45, 7) is 1.88. The second-order valence-corrected chi connectivity index (χ2v) is 11.4. The number of hydrogen-bond donors (Lipinski definition) is 0. The molecule has 0 aliphatic heterocycles. The summed E-state index contributed by atoms with van der Waals surface area (Å²) < 4.78 is 21.4. The number of hydrogen-bond acceptors (Lipinski definition) is 2. The first-order valence-corrected chi connectivity index (χ1v) is 13.1. The third kappa shape index (κ3) is 7.56. The Kier molecular flexibility index (Phi) is 9.88. The van der Waals surface area contributed by atoms with Crippen LogP contribution in [0.25, 0.3) is 0 Å². The first-order chi connectivity index (χ1) is 14.4. The second kappa shape index (κ2) is 12.1. The Morgan fingerprint density at radius 2 is 0.903 bits per heavy atom. The summed E-state index contributed by atoms with van der Waals surface area (Å²) in [5.41, 5.74) is 1.01. The molecule has 0 bridgehead atoms. The molecule has 0 saturated heterocycles. The Balaban J connectivity index is 0.000000245. The van der Waals surface area contributed by atoms with Gasteiger partial charge in [-0.3, -0.25) is 0 Å². The highest BCUT2D eigenvalue weighted by Gasteiger charge is 2.15. The van der Waals surface area contributed by atoms with E-state index in [1.165, 1.54) is 28.0 Å². The average molecular weight is 487 g/mol. The molecule has 0 aromatic heterocycles. The van der Waals surface area contributed by atoms with Crippen molar-refractivity contribution in [2.75, 3.05) is 0 Å². The van der Waals surface area contributed by atoms with E-state index in [0.717, 1.165) is 5.56 Å². The predicted molar refractivity (Wildman–Crippen MR) is 140 cm³/mol. The van der Waals surface area contributed by atoms with Crippen LogP contribution in [0.2, 0.25) is 0 Å². The van der Waals surface area contributed by atoms with Gasteiger partial charge in [0.15, 0.2) is 0 Å². The maximum Gasteiger partial charge on any atom is 0.261 e. The molecule has 4 aromatic carbocycles. The lowest BCUT2D eigenvalue weighted by atomic mass is 10.2. The molecule has 31 heavy (non-hydrogen) atoms. The molecule has 6 heteroatoms. The van der Waals surface area contributed by atoms with Gasteiger partial charge in [0.1, 0.15) is 0 Å². The predicted octanol–water partition coefficient (Wildman–Crippen LogP) is 5.43. The SMILES string of the molecule is Cc1ccc(S(=O)(=O)Cl)cc1.P.c1ccc(P(c2ccccc2)c2ccccc2)cc1. The van der Waals surface area contributed by atoms with Crippen LogP contribution >= 0.6 is 28.5 Å². The molecule has 1 unspecified atom stereocenters. The maximum atomic E-state index is 10.7. The van der Waals surface area contributed by atoms with Gasteiger partial charge in [0, 0.05) is 10.7 Å². The van der Waals surface area contributed by atoms with Gasteiger partial charge in [0.25, 0.3) is 9.05 Å². The molecule has 4 rings (SSSR count). The molecule has 0 amide bonds. The summed E-state index contributed by atoms with van der Waals surface area (Å²) in [7, 11) is 1.09. The van der Waals surface area contributed by atoms with E-state index >= 15 is 0 Å². The number of rotatable bonds is 4. The summed E-state index contributed by atoms with van der Waals surface area (Å²) in [6, 6.07) is 38.7. The summed E-state index contributed by atoms with van der Waals surface area (Å²) in [5.74, 6) is 0. The van der Waals surface area contributed by atoms with Gasteiger partial charge >= 0.3 is 0 Å². The standard InChI is InChI=1S/C18H15P.C7H7ClO2S.H3P/c1-4-10-16(11-5-1)19(17-12-6-2-7-13-17)18-14-8-3-9-15-18;1-6-2-4-7(5-3-6)11(8,9)10;/h1-15H;2-5H,1H3;1H3. The van der Waals surface area contributed by atoms with Gasteiger partial charge < -0.3 is 0 Å². The van der Waals surface area contributed by atoms with Crippen LogP contribution in [0.3, 0.4) is 0 Å². The summed E-state index contributed by atoms with van der Waals surface area (Å²) in [6.07, 6.45) is 0. The van der Waals surface area contributed by atoms with Crippen molar-refractivity contribution < 1.29 is 8.42 Å². The van der Waals surface area contributed by atoms with E-state index in [1.807, 2.05) is 6.92 Å². The third-order valence-electron chi connectivity index (χ3n) is 4.35. The van der Waals surface area contributed by atoms with Gasteiger partial charge in [0.05, 0.1) is 4.90 Å². The molecule has 0 fully saturated rings. The van der Waals surface area contributed by atoms with E-state index in [9.17, 15) is 8.42 Å². The smallest absolute Gasteiger partial charge is 0.207 e. The molecule has 4 aromatic rings. The lowest BCUT2D eigenvalue weighted by Gasteiger charge is -2.18. The van der Waals surface area contributed by atoms with Crippen molar-refractivity contribution >= 4 is 53.5 Å². The first kappa shape index (κ1) is 25.2. The molecule has 0 radical (unpaired) electrons. The van der Waals surface area contributed by atoms with E-state index in [4.69, 9.17) is 10.7 Å². The second-order valence-electron chi connectivity index (χ2n) is 6.59. The fourth-order valence-electron chi connectivity index (χ4n) is 2.88. The van der Waals surface area contributed by atoms with Crippen LogP contribution in [0.4, 0.5) is 0 Å². The highest BCUT2D eigenvalue weighted by Crippen LogP contribution is 2.32. The zero-order valence-corrected chi connectivity index (χ0v) is 21.1. The lowest BCUT2D eigenvalue weighted by molar-refractivity contribution is 0.609. The minimum atomic E-state index is -3.55. The van der Waals surface area contributed by atoms with Gasteiger partial charge in [-0.15, -0.1) is 0 Å². The van der Waals surface area contributed by atoms with Crippen molar-refractivity contribution in [3.63, 3.8) is 0 Å². The molecule has 0 saturated carbocycles. The Morgan fingerprint density at radius 1 is 0.581 bits per heavy atom. The molecule has 1 atom stereocenters. The molecule has 0 spiro atoms. The van der Waals surface area contributed by atoms with Gasteiger partial charge in [-0.1, -0.05) is 109 Å². The largest absolute Gasteiger partial charge is 0.261 e. The van der Waals surface area contributed by atoms with Crippen molar-refractivity contribution in [2.24, 2.45) is 0 Å². The molecule has 0 heterocycles. The van der Waals surface area contributed by atoms with Gasteiger partial charge in [0.2, 0.25) is 0 Å². The highest BCUT2D eigenvalue weighted by molar-refractivity contribution is 8.13. The van der Waals surface area contributed by atoms with E-state index in [-0.39, 0.29) is 14.8 Å². The Labute approximate surface area is 194 Å². The molecule has 0 N–H and O–H groups in total. The van der Waals surface area contributed by atoms with Crippen LogP contribution in [0, 0.1) is 6.92 Å². The molecular formula is C25H25ClO2P2S. The minimum Gasteiger partial charge on any atom is -0.207 e. The Hall–Kier alpha value is -2.02. The molecule has 0 aliphatic carbocycles. The average Bonchev–Trinajstić information content (AvgIpc) is 2.76. The van der Waals surface area contributed by atoms with Crippen LogP contribution in [-0.2, 0) is 9.05 Å². The van der Waals surface area contributed by atoms with Gasteiger partial charge in [-0.25, -0.2) is 8.42 Å². The molecule has 2 nitrogen and oxygen atoms in total. The van der Waals surface area contributed by atoms with Crippen molar-refractivity contribution in [3.05, 3.63) is 121 Å². The number of aryl methyl sites for hydroxylation is 1. The van der Waals surface area contributed by atoms with E-state index < -0.39 is 17.0 Å². The molecular weight excluding hydrogens is 462 g/mol. The van der Waals surface area contributed by atoms with Crippen LogP contribution in [0.1, 0.15) is 5.56 Å². The maximum absolute atomic E-state index is 10.7. The van der Waals surface area contributed by atoms with Crippen molar-refractivity contribution in [1.82, 2.24) is 0 Å². The zero-order chi connectivity index (χ0) is 21.4. The fourth-order valence-corrected chi connectivity index (χ4v) is 5.95. The van der Waals surface area contributed by atoms with Gasteiger partial charge in [-0.2, -0.15) is 9.90 Å². The Morgan fingerprint density at radius 3 is 1.19 bits per heavy atom. The highest BCUT2D eigenvalue weighted by atomic mass is 35.7. The summed E-state index contributed by atoms with van der Waals surface area (Å²) >= 11 is 0. The lowest BCUT2D eigenvalue weighted by Crippen LogP contribution is -2.20. The van der Waals surface area contributed by atoms with Crippen molar-refractivity contribution in [3.8, 4) is 0 Å². The van der Waals surface area contributed by atoms with E-state index in [1.54, 1.807) is 12.1 Å². The zero-order valence-electron chi connectivity index (χ0n) is 17.2. The Bertz CT molecular complexity index is 1060.